The largest absolute Gasteiger partial charge is 0.445 e. The molecule has 0 aliphatic heterocycles. The number of carbonyl (C=O) groups is 1. The van der Waals surface area contributed by atoms with E-state index in [1.807, 2.05) is 67.8 Å². The molecule has 41 heavy (non-hydrogen) atoms. The van der Waals surface area contributed by atoms with Gasteiger partial charge in [-0.2, -0.15) is 0 Å². The van der Waals surface area contributed by atoms with E-state index in [2.05, 4.69) is 39.6 Å². The van der Waals surface area contributed by atoms with E-state index in [9.17, 15) is 9.90 Å². The Labute approximate surface area is 240 Å². The van der Waals surface area contributed by atoms with E-state index < -0.39 is 5.60 Å². The number of nitrogens with one attached hydrogen (secondary N) is 1. The van der Waals surface area contributed by atoms with Crippen LogP contribution in [0, 0.1) is 0 Å². The molecule has 1 amide bonds. The normalized spacial score (nSPS) is 13.1. The molecule has 7 nitrogen and oxygen atoms in total. The average Bonchev–Trinajstić information content (AvgIpc) is 3.66. The second-order valence-corrected chi connectivity index (χ2v) is 11.4. The molecule has 2 aromatic heterocycles. The van der Waals surface area contributed by atoms with Gasteiger partial charge in [-0.1, -0.05) is 54.6 Å². The second kappa shape index (κ2) is 11.9. The minimum Gasteiger partial charge on any atom is -0.445 e. The molecule has 0 fully saturated rings. The summed E-state index contributed by atoms with van der Waals surface area (Å²) >= 11 is 0. The van der Waals surface area contributed by atoms with Crippen molar-refractivity contribution in [2.75, 3.05) is 0 Å². The van der Waals surface area contributed by atoms with Crippen LogP contribution in [-0.4, -0.2) is 31.1 Å². The maximum atomic E-state index is 12.7. The van der Waals surface area contributed by atoms with Gasteiger partial charge in [0.2, 0.25) is 5.89 Å². The first-order valence-electron chi connectivity index (χ1n) is 13.9. The highest BCUT2D eigenvalue weighted by molar-refractivity contribution is 5.94. The zero-order chi connectivity index (χ0) is 28.9. The number of nitrogens with zero attached hydrogens (tertiary/aromatic N) is 3. The predicted octanol–water partition coefficient (Wildman–Crippen LogP) is 6.37. The van der Waals surface area contributed by atoms with Crippen molar-refractivity contribution in [1.82, 2.24) is 19.9 Å². The Kier molecular flexibility index (Phi) is 8.17. The summed E-state index contributed by atoms with van der Waals surface area (Å²) in [5, 5.41) is 15.4. The van der Waals surface area contributed by atoms with Gasteiger partial charge in [0.15, 0.2) is 0 Å². The van der Waals surface area contributed by atoms with Crippen molar-refractivity contribution in [2.45, 2.75) is 57.7 Å². The number of amides is 1. The zero-order valence-corrected chi connectivity index (χ0v) is 23.7. The number of aromatic nitrogens is 3. The Morgan fingerprint density at radius 1 is 0.951 bits per heavy atom. The summed E-state index contributed by atoms with van der Waals surface area (Å²) in [6, 6.07) is 25.5. The van der Waals surface area contributed by atoms with E-state index >= 15 is 0 Å². The van der Waals surface area contributed by atoms with Crippen LogP contribution in [-0.2, 0) is 18.6 Å². The van der Waals surface area contributed by atoms with E-state index in [1.54, 1.807) is 37.1 Å². The summed E-state index contributed by atoms with van der Waals surface area (Å²) < 4.78 is 7.40. The first kappa shape index (κ1) is 28.1. The Morgan fingerprint density at radius 3 is 2.34 bits per heavy atom. The first-order valence-corrected chi connectivity index (χ1v) is 13.9. The quantitative estimate of drug-likeness (QED) is 0.211. The maximum Gasteiger partial charge on any atom is 0.251 e. The van der Waals surface area contributed by atoms with Gasteiger partial charge in [0.05, 0.1) is 24.4 Å². The van der Waals surface area contributed by atoms with Crippen LogP contribution in [0.1, 0.15) is 66.4 Å². The molecule has 5 aromatic rings. The third kappa shape index (κ3) is 6.81. The van der Waals surface area contributed by atoms with Gasteiger partial charge in [0, 0.05) is 23.2 Å². The van der Waals surface area contributed by atoms with Crippen LogP contribution in [0.3, 0.4) is 0 Å². The minimum absolute atomic E-state index is 0.144. The summed E-state index contributed by atoms with van der Waals surface area (Å²) in [6.45, 7) is 6.45. The lowest BCUT2D eigenvalue weighted by Crippen LogP contribution is -2.40. The smallest absolute Gasteiger partial charge is 0.251 e. The van der Waals surface area contributed by atoms with Crippen molar-refractivity contribution in [3.05, 3.63) is 132 Å². The minimum atomic E-state index is -1.30. The zero-order valence-electron chi connectivity index (χ0n) is 23.7. The van der Waals surface area contributed by atoms with E-state index in [-0.39, 0.29) is 11.4 Å². The van der Waals surface area contributed by atoms with Gasteiger partial charge in [-0.15, -0.1) is 0 Å². The van der Waals surface area contributed by atoms with Crippen molar-refractivity contribution in [3.8, 4) is 11.5 Å². The van der Waals surface area contributed by atoms with Crippen LogP contribution in [0.15, 0.2) is 108 Å². The van der Waals surface area contributed by atoms with Crippen LogP contribution in [0.25, 0.3) is 11.5 Å². The van der Waals surface area contributed by atoms with Crippen molar-refractivity contribution >= 4 is 5.91 Å². The summed E-state index contributed by atoms with van der Waals surface area (Å²) in [5.41, 5.74) is 3.55. The van der Waals surface area contributed by atoms with E-state index in [1.165, 1.54) is 0 Å². The van der Waals surface area contributed by atoms with Gasteiger partial charge >= 0.3 is 0 Å². The fourth-order valence-electron chi connectivity index (χ4n) is 5.03. The van der Waals surface area contributed by atoms with Crippen molar-refractivity contribution in [1.29, 1.82) is 0 Å². The Morgan fingerprint density at radius 2 is 1.68 bits per heavy atom. The topological polar surface area (TPSA) is 93.2 Å². The van der Waals surface area contributed by atoms with Crippen LogP contribution < -0.4 is 5.32 Å². The number of carbonyl (C=O) groups excluding carboxylic acids is 1. The number of aryl methyl sites for hydroxylation is 1. The fraction of sp³-hybridized carbons (Fsp3) is 0.265. The number of imidazole rings is 1. The number of rotatable bonds is 10. The highest BCUT2D eigenvalue weighted by atomic mass is 16.3. The Balaban J connectivity index is 1.39. The van der Waals surface area contributed by atoms with E-state index in [0.717, 1.165) is 35.1 Å². The molecule has 7 heteroatoms. The molecule has 2 heterocycles. The molecular formula is C34H36N4O3. The lowest BCUT2D eigenvalue weighted by atomic mass is 9.84. The van der Waals surface area contributed by atoms with Crippen LogP contribution in [0.5, 0.6) is 0 Å². The summed E-state index contributed by atoms with van der Waals surface area (Å²) in [5.74, 6) is 0.451. The monoisotopic (exact) mass is 548 g/mol. The molecule has 0 spiro atoms. The van der Waals surface area contributed by atoms with E-state index in [4.69, 9.17) is 4.42 Å². The van der Waals surface area contributed by atoms with Gasteiger partial charge < -0.3 is 19.4 Å². The molecule has 0 aliphatic rings. The van der Waals surface area contributed by atoms with Gasteiger partial charge in [0.1, 0.15) is 11.9 Å². The molecule has 1 unspecified atom stereocenters. The third-order valence-corrected chi connectivity index (χ3v) is 7.08. The number of benzene rings is 3. The molecule has 0 radical (unpaired) electrons. The fourth-order valence-corrected chi connectivity index (χ4v) is 5.03. The second-order valence-electron chi connectivity index (χ2n) is 11.4. The predicted molar refractivity (Wildman–Crippen MR) is 159 cm³/mol. The SMILES string of the molecule is CC(C)(C)NC(=O)c1ccc(C(O)(CCCc2ccc(-c3ncco3)cc2)c2cncn2Cc2ccccc2)cc1. The molecule has 5 rings (SSSR count). The van der Waals surface area contributed by atoms with Gasteiger partial charge in [-0.3, -0.25) is 4.79 Å². The van der Waals surface area contributed by atoms with Gasteiger partial charge in [-0.25, -0.2) is 9.97 Å². The number of hydrogen-bond acceptors (Lipinski definition) is 5. The van der Waals surface area contributed by atoms with Gasteiger partial charge in [-0.05, 0) is 81.0 Å². The van der Waals surface area contributed by atoms with Crippen LogP contribution in [0.4, 0.5) is 0 Å². The highest BCUT2D eigenvalue weighted by Gasteiger charge is 2.34. The number of hydrogen-bond donors (Lipinski definition) is 2. The molecule has 0 aliphatic carbocycles. The molecular weight excluding hydrogens is 512 g/mol. The molecule has 2 N–H and O–H groups in total. The van der Waals surface area contributed by atoms with Gasteiger partial charge in [0.25, 0.3) is 5.91 Å². The summed E-state index contributed by atoms with van der Waals surface area (Å²) in [7, 11) is 0. The lowest BCUT2D eigenvalue weighted by molar-refractivity contribution is 0.0606. The first-order chi connectivity index (χ1) is 19.7. The summed E-state index contributed by atoms with van der Waals surface area (Å²) in [4.78, 5) is 21.4. The molecule has 210 valence electrons. The van der Waals surface area contributed by atoms with Crippen LogP contribution in [0.2, 0.25) is 0 Å². The Bertz CT molecular complexity index is 1550. The maximum absolute atomic E-state index is 12.7. The van der Waals surface area contributed by atoms with Crippen LogP contribution >= 0.6 is 0 Å². The van der Waals surface area contributed by atoms with Crippen molar-refractivity contribution in [3.63, 3.8) is 0 Å². The van der Waals surface area contributed by atoms with Crippen molar-refractivity contribution < 1.29 is 14.3 Å². The highest BCUT2D eigenvalue weighted by Crippen LogP contribution is 2.35. The molecule has 0 bridgehead atoms. The Hall–Kier alpha value is -4.49. The molecule has 0 saturated heterocycles. The lowest BCUT2D eigenvalue weighted by Gasteiger charge is -2.30. The summed E-state index contributed by atoms with van der Waals surface area (Å²) in [6.07, 6.45) is 8.70. The molecule has 0 saturated carbocycles. The number of oxazole rings is 1. The number of aliphatic hydroxyl groups is 1. The standard InChI is InChI=1S/C34H36N4O3/c1-33(2,3)37-31(39)27-15-17-29(18-16-27)34(40,30-22-35-24-38(30)23-26-8-5-4-6-9-26)19-7-10-25-11-13-28(14-12-25)32-36-20-21-41-32/h4-6,8-9,11-18,20-22,24,40H,7,10,19,23H2,1-3H3,(H,37,39). The van der Waals surface area contributed by atoms with Crippen molar-refractivity contribution in [2.24, 2.45) is 0 Å². The molecule has 3 aromatic carbocycles. The van der Waals surface area contributed by atoms with E-state index in [0.29, 0.717) is 30.1 Å². The molecule has 1 atom stereocenters. The average molecular weight is 549 g/mol. The third-order valence-electron chi connectivity index (χ3n) is 7.08.